The number of halogens is 3. The highest BCUT2D eigenvalue weighted by molar-refractivity contribution is 6.42. The lowest BCUT2D eigenvalue weighted by Gasteiger charge is -2.12. The lowest BCUT2D eigenvalue weighted by molar-refractivity contribution is 0.277. The molecule has 0 aliphatic carbocycles. The maximum absolute atomic E-state index is 13.3. The third-order valence-corrected chi connectivity index (χ3v) is 6.16. The van der Waals surface area contributed by atoms with E-state index in [0.29, 0.717) is 10.0 Å². The number of rotatable bonds is 7. The van der Waals surface area contributed by atoms with Gasteiger partial charge in [-0.25, -0.2) is 4.79 Å². The molecule has 172 valence electrons. The van der Waals surface area contributed by atoms with Gasteiger partial charge in [-0.3, -0.25) is 18.5 Å². The summed E-state index contributed by atoms with van der Waals surface area (Å²) in [5.41, 5.74) is 0.0980. The van der Waals surface area contributed by atoms with Gasteiger partial charge in [-0.15, -0.1) is 0 Å². The zero-order valence-corrected chi connectivity index (χ0v) is 19.7. The summed E-state index contributed by atoms with van der Waals surface area (Å²) in [6.45, 7) is 0.133. The quantitative estimate of drug-likeness (QED) is 0.405. The highest BCUT2D eigenvalue weighted by Gasteiger charge is 2.22. The topological polar surface area (TPSA) is 91.3 Å². The Hall–Kier alpha value is -2.78. The van der Waals surface area contributed by atoms with E-state index in [9.17, 15) is 14.7 Å². The number of nitrogens with zero attached hydrogens (tertiary/aromatic N) is 4. The van der Waals surface area contributed by atoms with E-state index in [2.05, 4.69) is 4.98 Å². The van der Waals surface area contributed by atoms with E-state index in [1.165, 1.54) is 11.6 Å². The number of hydrogen-bond donors (Lipinski definition) is 1. The number of ether oxygens (including phenoxy) is 1. The van der Waals surface area contributed by atoms with Gasteiger partial charge in [0.1, 0.15) is 5.02 Å². The van der Waals surface area contributed by atoms with Gasteiger partial charge in [-0.05, 0) is 36.2 Å². The summed E-state index contributed by atoms with van der Waals surface area (Å²) >= 11 is 18.4. The number of fused-ring (bicyclic) bond motifs is 1. The number of aliphatic hydroxyl groups is 1. The Labute approximate surface area is 203 Å². The van der Waals surface area contributed by atoms with Crippen LogP contribution in [0.3, 0.4) is 0 Å². The van der Waals surface area contributed by atoms with Gasteiger partial charge < -0.3 is 9.84 Å². The molecule has 0 fully saturated rings. The van der Waals surface area contributed by atoms with Gasteiger partial charge in [-0.1, -0.05) is 53.0 Å². The number of aliphatic hydroxyl groups excluding tert-OH is 1. The summed E-state index contributed by atoms with van der Waals surface area (Å²) in [7, 11) is 1.52. The van der Waals surface area contributed by atoms with Crippen LogP contribution in [0, 0.1) is 0 Å². The molecule has 11 heteroatoms. The van der Waals surface area contributed by atoms with E-state index in [1.54, 1.807) is 34.9 Å². The molecule has 0 aliphatic rings. The maximum atomic E-state index is 13.3. The molecular weight excluding hydrogens is 491 g/mol. The first-order chi connectivity index (χ1) is 15.8. The SMILES string of the molecule is Cn1c(=O)n(CCCO)c(=O)c2c1nc(Oc1cccc(Cl)c1Cl)n2Cc1ccc(Cl)cc1. The summed E-state index contributed by atoms with van der Waals surface area (Å²) in [6, 6.07) is 12.1. The van der Waals surface area contributed by atoms with Crippen LogP contribution in [0.25, 0.3) is 11.2 Å². The minimum Gasteiger partial charge on any atom is -0.424 e. The van der Waals surface area contributed by atoms with Crippen LogP contribution < -0.4 is 16.0 Å². The minimum atomic E-state index is -0.538. The van der Waals surface area contributed by atoms with Crippen molar-refractivity contribution < 1.29 is 9.84 Å². The Kier molecular flexibility index (Phi) is 6.81. The van der Waals surface area contributed by atoms with Crippen molar-refractivity contribution in [3.05, 3.63) is 83.9 Å². The molecule has 8 nitrogen and oxygen atoms in total. The number of aromatic nitrogens is 4. The Morgan fingerprint density at radius 1 is 1.03 bits per heavy atom. The number of aryl methyl sites for hydroxylation is 1. The van der Waals surface area contributed by atoms with Crippen LogP contribution in [-0.2, 0) is 20.1 Å². The Balaban J connectivity index is 1.95. The zero-order chi connectivity index (χ0) is 23.7. The summed E-state index contributed by atoms with van der Waals surface area (Å²) in [4.78, 5) is 30.6. The fourth-order valence-corrected chi connectivity index (χ4v) is 3.89. The summed E-state index contributed by atoms with van der Waals surface area (Å²) in [5, 5.41) is 10.3. The van der Waals surface area contributed by atoms with Crippen LogP contribution in [0.2, 0.25) is 15.1 Å². The van der Waals surface area contributed by atoms with Gasteiger partial charge in [0.05, 0.1) is 11.6 Å². The molecule has 0 saturated heterocycles. The highest BCUT2D eigenvalue weighted by atomic mass is 35.5. The normalized spacial score (nSPS) is 11.3. The van der Waals surface area contributed by atoms with Crippen molar-refractivity contribution in [1.82, 2.24) is 18.7 Å². The van der Waals surface area contributed by atoms with Gasteiger partial charge in [0, 0.05) is 25.2 Å². The Morgan fingerprint density at radius 3 is 2.45 bits per heavy atom. The van der Waals surface area contributed by atoms with Crippen LogP contribution >= 0.6 is 34.8 Å². The molecule has 0 amide bonds. The van der Waals surface area contributed by atoms with E-state index in [0.717, 1.165) is 10.1 Å². The van der Waals surface area contributed by atoms with E-state index in [1.807, 2.05) is 12.1 Å². The monoisotopic (exact) mass is 508 g/mol. The van der Waals surface area contributed by atoms with Gasteiger partial charge >= 0.3 is 11.7 Å². The second-order valence-electron chi connectivity index (χ2n) is 7.31. The molecule has 2 aromatic carbocycles. The van der Waals surface area contributed by atoms with Crippen molar-refractivity contribution in [3.63, 3.8) is 0 Å². The number of imidazole rings is 1. The first kappa shape index (κ1) is 23.4. The van der Waals surface area contributed by atoms with Crippen molar-refractivity contribution in [2.75, 3.05) is 6.61 Å². The van der Waals surface area contributed by atoms with Gasteiger partial charge in [-0.2, -0.15) is 4.98 Å². The molecule has 2 aromatic heterocycles. The Bertz CT molecular complexity index is 1440. The lowest BCUT2D eigenvalue weighted by atomic mass is 10.2. The van der Waals surface area contributed by atoms with Crippen molar-refractivity contribution in [2.24, 2.45) is 7.05 Å². The summed E-state index contributed by atoms with van der Waals surface area (Å²) in [5.74, 6) is 0.252. The first-order valence-corrected chi connectivity index (χ1v) is 11.1. The van der Waals surface area contributed by atoms with E-state index >= 15 is 0 Å². The van der Waals surface area contributed by atoms with Crippen LogP contribution in [0.4, 0.5) is 0 Å². The predicted octanol–water partition coefficient (Wildman–Crippen LogP) is 4.08. The number of hydrogen-bond acceptors (Lipinski definition) is 5. The van der Waals surface area contributed by atoms with Gasteiger partial charge in [0.25, 0.3) is 5.56 Å². The van der Waals surface area contributed by atoms with E-state index < -0.39 is 11.2 Å². The predicted molar refractivity (Wildman–Crippen MR) is 128 cm³/mol. The average Bonchev–Trinajstić information content (AvgIpc) is 3.15. The molecule has 4 aromatic rings. The zero-order valence-electron chi connectivity index (χ0n) is 17.5. The van der Waals surface area contributed by atoms with Crippen LogP contribution in [0.5, 0.6) is 11.8 Å². The number of benzene rings is 2. The van der Waals surface area contributed by atoms with Gasteiger partial charge in [0.2, 0.25) is 0 Å². The lowest BCUT2D eigenvalue weighted by Crippen LogP contribution is -2.39. The van der Waals surface area contributed by atoms with Crippen LogP contribution in [0.15, 0.2) is 52.1 Å². The molecule has 0 unspecified atom stereocenters. The minimum absolute atomic E-state index is 0.0659. The third kappa shape index (κ3) is 4.52. The van der Waals surface area contributed by atoms with Crippen LogP contribution in [-0.4, -0.2) is 30.4 Å². The van der Waals surface area contributed by atoms with Crippen molar-refractivity contribution in [2.45, 2.75) is 19.5 Å². The summed E-state index contributed by atoms with van der Waals surface area (Å²) in [6.07, 6.45) is 0.257. The maximum Gasteiger partial charge on any atom is 0.332 e. The summed E-state index contributed by atoms with van der Waals surface area (Å²) < 4.78 is 9.91. The molecule has 1 N–H and O–H groups in total. The van der Waals surface area contributed by atoms with Crippen molar-refractivity contribution in [1.29, 1.82) is 0 Å². The highest BCUT2D eigenvalue weighted by Crippen LogP contribution is 2.35. The van der Waals surface area contributed by atoms with E-state index in [-0.39, 0.29) is 54.1 Å². The molecule has 0 spiro atoms. The second-order valence-corrected chi connectivity index (χ2v) is 8.53. The standard InChI is InChI=1S/C22H19Cl3N4O4/c1-27-19-18(20(31)28(22(27)32)10-3-11-30)29(12-13-6-8-14(23)9-7-13)21(26-19)33-16-5-2-4-15(24)17(16)25/h2,4-9,30H,3,10-12H2,1H3. The molecule has 2 heterocycles. The average molecular weight is 510 g/mol. The largest absolute Gasteiger partial charge is 0.424 e. The Morgan fingerprint density at radius 2 is 1.76 bits per heavy atom. The third-order valence-electron chi connectivity index (χ3n) is 5.11. The molecular formula is C22H19Cl3N4O4. The molecule has 0 aliphatic heterocycles. The molecule has 33 heavy (non-hydrogen) atoms. The van der Waals surface area contributed by atoms with Gasteiger partial charge in [0.15, 0.2) is 16.9 Å². The molecule has 4 rings (SSSR count). The smallest absolute Gasteiger partial charge is 0.332 e. The van der Waals surface area contributed by atoms with Crippen molar-refractivity contribution >= 4 is 46.0 Å². The van der Waals surface area contributed by atoms with Crippen LogP contribution in [0.1, 0.15) is 12.0 Å². The first-order valence-electron chi connectivity index (χ1n) is 9.99. The second kappa shape index (κ2) is 9.61. The fourth-order valence-electron chi connectivity index (χ4n) is 3.44. The molecule has 0 atom stereocenters. The molecule has 0 radical (unpaired) electrons. The van der Waals surface area contributed by atoms with Crippen molar-refractivity contribution in [3.8, 4) is 11.8 Å². The molecule has 0 bridgehead atoms. The molecule has 0 saturated carbocycles. The van der Waals surface area contributed by atoms with E-state index in [4.69, 9.17) is 39.5 Å². The fraction of sp³-hybridized carbons (Fsp3) is 0.227.